The topological polar surface area (TPSA) is 94.9 Å². The van der Waals surface area contributed by atoms with Crippen LogP contribution in [0.2, 0.25) is 0 Å². The van der Waals surface area contributed by atoms with Crippen LogP contribution in [0.5, 0.6) is 0 Å². The standard InChI is InChI=1S/C25H25FN4O4/c1-15-2-4-16(5-3-15)27-25(34)29-10-8-28(9-11-29)22-13-21-18(12-20(22)26)23(31)19(24(32)33)14-30(21)17-6-7-17/h2-5,12-14,17H,6-11H2,1H3,(H,27,34)(H,32,33). The SMILES string of the molecule is Cc1ccc(NC(=O)N2CCN(c3cc4c(cc3F)c(=O)c(C(=O)O)cn4C3CC3)CC2)cc1. The van der Waals surface area contributed by atoms with E-state index < -0.39 is 17.2 Å². The van der Waals surface area contributed by atoms with Gasteiger partial charge in [-0.25, -0.2) is 14.0 Å². The first kappa shape index (κ1) is 21.9. The number of pyridine rings is 1. The number of aryl methyl sites for hydroxylation is 1. The van der Waals surface area contributed by atoms with Crippen LogP contribution in [-0.4, -0.2) is 52.8 Å². The molecule has 8 nitrogen and oxygen atoms in total. The molecule has 0 spiro atoms. The number of fused-ring (bicyclic) bond motifs is 1. The van der Waals surface area contributed by atoms with Crippen LogP contribution in [-0.2, 0) is 0 Å². The van der Waals surface area contributed by atoms with Crippen molar-refractivity contribution >= 4 is 34.3 Å². The molecule has 0 radical (unpaired) electrons. The van der Waals surface area contributed by atoms with Gasteiger partial charge in [-0.15, -0.1) is 0 Å². The lowest BCUT2D eigenvalue weighted by Gasteiger charge is -2.36. The molecule has 9 heteroatoms. The average molecular weight is 464 g/mol. The molecule has 2 heterocycles. The van der Waals surface area contributed by atoms with Crippen LogP contribution in [0.3, 0.4) is 0 Å². The zero-order chi connectivity index (χ0) is 24.0. The molecule has 1 saturated carbocycles. The predicted octanol–water partition coefficient (Wildman–Crippen LogP) is 3.84. The number of urea groups is 1. The maximum atomic E-state index is 15.1. The Morgan fingerprint density at radius 3 is 2.35 bits per heavy atom. The summed E-state index contributed by atoms with van der Waals surface area (Å²) in [7, 11) is 0. The molecular weight excluding hydrogens is 439 g/mol. The van der Waals surface area contributed by atoms with Gasteiger partial charge in [0.05, 0.1) is 11.2 Å². The maximum absolute atomic E-state index is 15.1. The highest BCUT2D eigenvalue weighted by Gasteiger charge is 2.29. The van der Waals surface area contributed by atoms with E-state index in [4.69, 9.17) is 0 Å². The second-order valence-corrected chi connectivity index (χ2v) is 8.91. The molecule has 1 aliphatic heterocycles. The number of anilines is 2. The molecule has 1 aromatic heterocycles. The number of aromatic nitrogens is 1. The minimum Gasteiger partial charge on any atom is -0.477 e. The average Bonchev–Trinajstić information content (AvgIpc) is 3.66. The summed E-state index contributed by atoms with van der Waals surface area (Å²) in [5.74, 6) is -1.89. The van der Waals surface area contributed by atoms with Gasteiger partial charge in [0.1, 0.15) is 11.4 Å². The summed E-state index contributed by atoms with van der Waals surface area (Å²) in [6.45, 7) is 3.69. The van der Waals surface area contributed by atoms with Gasteiger partial charge in [0, 0.05) is 49.5 Å². The number of nitrogens with zero attached hydrogens (tertiary/aromatic N) is 3. The largest absolute Gasteiger partial charge is 0.477 e. The number of carboxylic acids is 1. The molecular formula is C25H25FN4O4. The Bertz CT molecular complexity index is 1340. The Balaban J connectivity index is 1.37. The Morgan fingerprint density at radius 2 is 1.74 bits per heavy atom. The van der Waals surface area contributed by atoms with Gasteiger partial charge in [-0.3, -0.25) is 4.79 Å². The van der Waals surface area contributed by atoms with Crippen molar-refractivity contribution in [2.75, 3.05) is 36.4 Å². The van der Waals surface area contributed by atoms with E-state index in [0.29, 0.717) is 37.4 Å². The molecule has 1 saturated heterocycles. The van der Waals surface area contributed by atoms with Crippen molar-refractivity contribution in [3.8, 4) is 0 Å². The maximum Gasteiger partial charge on any atom is 0.341 e. The minimum atomic E-state index is -1.31. The summed E-state index contributed by atoms with van der Waals surface area (Å²) in [4.78, 5) is 40.4. The molecule has 5 rings (SSSR count). The van der Waals surface area contributed by atoms with Crippen LogP contribution in [0.25, 0.3) is 10.9 Å². The summed E-state index contributed by atoms with van der Waals surface area (Å²) in [6.07, 6.45) is 3.15. The lowest BCUT2D eigenvalue weighted by Crippen LogP contribution is -2.50. The number of rotatable bonds is 4. The zero-order valence-electron chi connectivity index (χ0n) is 18.8. The second kappa shape index (κ2) is 8.48. The molecule has 34 heavy (non-hydrogen) atoms. The van der Waals surface area contributed by atoms with Gasteiger partial charge in [-0.2, -0.15) is 0 Å². The molecule has 1 aliphatic carbocycles. The minimum absolute atomic E-state index is 0.0733. The van der Waals surface area contributed by atoms with E-state index in [2.05, 4.69) is 5.32 Å². The van der Waals surface area contributed by atoms with Crippen LogP contribution in [0, 0.1) is 12.7 Å². The Labute approximate surface area is 195 Å². The molecule has 2 aliphatic rings. The second-order valence-electron chi connectivity index (χ2n) is 8.91. The van der Waals surface area contributed by atoms with Gasteiger partial charge in [0.15, 0.2) is 0 Å². The number of benzene rings is 2. The van der Waals surface area contributed by atoms with Crippen molar-refractivity contribution < 1.29 is 19.1 Å². The van der Waals surface area contributed by atoms with Crippen LogP contribution in [0.1, 0.15) is 34.8 Å². The molecule has 2 amide bonds. The highest BCUT2D eigenvalue weighted by molar-refractivity contribution is 5.94. The fourth-order valence-electron chi connectivity index (χ4n) is 4.40. The van der Waals surface area contributed by atoms with Gasteiger partial charge in [-0.1, -0.05) is 17.7 Å². The molecule has 2 aromatic carbocycles. The van der Waals surface area contributed by atoms with E-state index in [0.717, 1.165) is 30.2 Å². The number of aromatic carboxylic acids is 1. The molecule has 0 atom stereocenters. The number of halogens is 1. The van der Waals surface area contributed by atoms with E-state index in [1.807, 2.05) is 36.1 Å². The summed E-state index contributed by atoms with van der Waals surface area (Å²) >= 11 is 0. The number of piperazine rings is 1. The normalized spacial score (nSPS) is 16.1. The number of carbonyl (C=O) groups excluding carboxylic acids is 1. The first-order valence-electron chi connectivity index (χ1n) is 11.3. The number of hydrogen-bond acceptors (Lipinski definition) is 4. The van der Waals surface area contributed by atoms with Crippen molar-refractivity contribution in [1.29, 1.82) is 0 Å². The van der Waals surface area contributed by atoms with Crippen molar-refractivity contribution in [2.45, 2.75) is 25.8 Å². The number of nitrogens with one attached hydrogen (secondary N) is 1. The van der Waals surface area contributed by atoms with E-state index in [1.54, 1.807) is 15.5 Å². The lowest BCUT2D eigenvalue weighted by atomic mass is 10.1. The third-order valence-corrected chi connectivity index (χ3v) is 6.48. The van der Waals surface area contributed by atoms with E-state index in [9.17, 15) is 19.5 Å². The molecule has 0 bridgehead atoms. The Kier molecular flexibility index (Phi) is 5.47. The fraction of sp³-hybridized carbons (Fsp3) is 0.320. The van der Waals surface area contributed by atoms with Crippen molar-refractivity contribution in [3.63, 3.8) is 0 Å². The van der Waals surface area contributed by atoms with E-state index in [-0.39, 0.29) is 23.0 Å². The van der Waals surface area contributed by atoms with Crippen LogP contribution < -0.4 is 15.6 Å². The summed E-state index contributed by atoms with van der Waals surface area (Å²) < 4.78 is 16.9. The fourth-order valence-corrected chi connectivity index (χ4v) is 4.40. The first-order chi connectivity index (χ1) is 16.3. The quantitative estimate of drug-likeness (QED) is 0.612. The zero-order valence-corrected chi connectivity index (χ0v) is 18.8. The van der Waals surface area contributed by atoms with Gasteiger partial charge in [0.25, 0.3) is 0 Å². The first-order valence-corrected chi connectivity index (χ1v) is 11.3. The number of amides is 2. The van der Waals surface area contributed by atoms with Gasteiger partial charge in [-0.05, 0) is 44.0 Å². The Hall–Kier alpha value is -3.88. The van der Waals surface area contributed by atoms with E-state index in [1.165, 1.54) is 6.20 Å². The summed E-state index contributed by atoms with van der Waals surface area (Å²) in [6, 6.07) is 10.2. The van der Waals surface area contributed by atoms with Crippen LogP contribution >= 0.6 is 0 Å². The number of carboxylic acid groups (broad SMARTS) is 1. The molecule has 176 valence electrons. The van der Waals surface area contributed by atoms with Crippen molar-refractivity contribution in [2.24, 2.45) is 0 Å². The third kappa shape index (κ3) is 4.09. The summed E-state index contributed by atoms with van der Waals surface area (Å²) in [5, 5.41) is 12.4. The molecule has 2 fully saturated rings. The van der Waals surface area contributed by atoms with Crippen molar-refractivity contribution in [3.05, 3.63) is 69.8 Å². The number of hydrogen-bond donors (Lipinski definition) is 2. The van der Waals surface area contributed by atoms with E-state index >= 15 is 4.39 Å². The van der Waals surface area contributed by atoms with Gasteiger partial charge in [0.2, 0.25) is 5.43 Å². The number of carbonyl (C=O) groups is 2. The van der Waals surface area contributed by atoms with Crippen LogP contribution in [0.4, 0.5) is 20.6 Å². The molecule has 0 unspecified atom stereocenters. The lowest BCUT2D eigenvalue weighted by molar-refractivity contribution is 0.0694. The monoisotopic (exact) mass is 464 g/mol. The van der Waals surface area contributed by atoms with Gasteiger partial charge < -0.3 is 24.8 Å². The molecule has 2 N–H and O–H groups in total. The van der Waals surface area contributed by atoms with Crippen molar-refractivity contribution in [1.82, 2.24) is 9.47 Å². The highest BCUT2D eigenvalue weighted by Crippen LogP contribution is 2.38. The molecule has 3 aromatic rings. The third-order valence-electron chi connectivity index (χ3n) is 6.48. The summed E-state index contributed by atoms with van der Waals surface area (Å²) in [5.41, 5.74) is 1.69. The van der Waals surface area contributed by atoms with Gasteiger partial charge >= 0.3 is 12.0 Å². The Morgan fingerprint density at radius 1 is 1.06 bits per heavy atom. The highest BCUT2D eigenvalue weighted by atomic mass is 19.1. The predicted molar refractivity (Wildman–Crippen MR) is 127 cm³/mol. The van der Waals surface area contributed by atoms with Crippen LogP contribution in [0.15, 0.2) is 47.4 Å². The smallest absolute Gasteiger partial charge is 0.341 e.